The second kappa shape index (κ2) is 5.83. The molecular formula is C12H14F2N2O3. The molecule has 2 amide bonds. The molecule has 5 nitrogen and oxygen atoms in total. The van der Waals surface area contributed by atoms with Crippen molar-refractivity contribution >= 4 is 6.03 Å². The third-order valence-corrected chi connectivity index (χ3v) is 2.79. The summed E-state index contributed by atoms with van der Waals surface area (Å²) in [5.41, 5.74) is 0.140. The van der Waals surface area contributed by atoms with Crippen LogP contribution in [0, 0.1) is 11.6 Å². The first-order valence-electron chi connectivity index (χ1n) is 5.86. The highest BCUT2D eigenvalue weighted by molar-refractivity contribution is 5.76. The van der Waals surface area contributed by atoms with E-state index in [1.165, 1.54) is 4.90 Å². The lowest BCUT2D eigenvalue weighted by Gasteiger charge is -2.15. The Kier molecular flexibility index (Phi) is 4.16. The lowest BCUT2D eigenvalue weighted by atomic mass is 10.2. The lowest BCUT2D eigenvalue weighted by molar-refractivity contribution is 0.198. The van der Waals surface area contributed by atoms with E-state index in [0.717, 1.165) is 12.1 Å². The van der Waals surface area contributed by atoms with Crippen LogP contribution in [0.2, 0.25) is 0 Å². The first-order valence-corrected chi connectivity index (χ1v) is 5.86. The first kappa shape index (κ1) is 13.5. The summed E-state index contributed by atoms with van der Waals surface area (Å²) in [6, 6.07) is 1.82. The van der Waals surface area contributed by atoms with Crippen LogP contribution in [0.25, 0.3) is 0 Å². The van der Waals surface area contributed by atoms with Crippen LogP contribution in [-0.4, -0.2) is 42.3 Å². The minimum absolute atomic E-state index is 0.000266. The molecule has 1 aliphatic rings. The highest BCUT2D eigenvalue weighted by atomic mass is 19.1. The summed E-state index contributed by atoms with van der Waals surface area (Å²) in [5.74, 6) is -2.22. The van der Waals surface area contributed by atoms with Gasteiger partial charge >= 0.3 is 6.03 Å². The molecule has 7 heteroatoms. The molecule has 0 spiro atoms. The normalized spacial score (nSPS) is 14.7. The first-order chi connectivity index (χ1) is 9.11. The third-order valence-electron chi connectivity index (χ3n) is 2.79. The van der Waals surface area contributed by atoms with E-state index in [1.807, 2.05) is 0 Å². The number of amides is 2. The summed E-state index contributed by atoms with van der Waals surface area (Å²) in [6.07, 6.45) is 0. The van der Waals surface area contributed by atoms with Crippen molar-refractivity contribution in [2.75, 3.05) is 26.2 Å². The van der Waals surface area contributed by atoms with Gasteiger partial charge in [-0.3, -0.25) is 0 Å². The minimum atomic E-state index is -0.866. The Balaban J connectivity index is 1.94. The standard InChI is InChI=1S/C12H14F2N2O3/c13-9-5-8(7-17)6-10(14)11(9)19-4-3-16-2-1-15-12(16)18/h5-6,17H,1-4,7H2,(H,15,18). The molecule has 0 aromatic heterocycles. The summed E-state index contributed by atoms with van der Waals surface area (Å²) in [7, 11) is 0. The second-order valence-corrected chi connectivity index (χ2v) is 4.11. The zero-order valence-electron chi connectivity index (χ0n) is 10.2. The van der Waals surface area contributed by atoms with Crippen LogP contribution in [0.4, 0.5) is 13.6 Å². The molecule has 0 aliphatic carbocycles. The number of nitrogens with one attached hydrogen (secondary N) is 1. The number of halogens is 2. The number of aliphatic hydroxyl groups is 1. The number of carbonyl (C=O) groups is 1. The predicted molar refractivity (Wildman–Crippen MR) is 62.7 cm³/mol. The summed E-state index contributed by atoms with van der Waals surface area (Å²) in [6.45, 7) is 0.928. The molecule has 0 unspecified atom stereocenters. The van der Waals surface area contributed by atoms with Gasteiger partial charge in [0.1, 0.15) is 6.61 Å². The molecule has 1 saturated heterocycles. The fourth-order valence-corrected chi connectivity index (χ4v) is 1.82. The lowest BCUT2D eigenvalue weighted by Crippen LogP contribution is -2.32. The zero-order chi connectivity index (χ0) is 13.8. The molecule has 0 atom stereocenters. The molecule has 1 heterocycles. The summed E-state index contributed by atoms with van der Waals surface area (Å²) >= 11 is 0. The summed E-state index contributed by atoms with van der Waals surface area (Å²) in [4.78, 5) is 12.7. The maximum Gasteiger partial charge on any atom is 0.317 e. The highest BCUT2D eigenvalue weighted by Gasteiger charge is 2.19. The van der Waals surface area contributed by atoms with Gasteiger partial charge in [-0.2, -0.15) is 0 Å². The molecule has 1 aromatic carbocycles. The van der Waals surface area contributed by atoms with Gasteiger partial charge in [-0.1, -0.05) is 0 Å². The van der Waals surface area contributed by atoms with Crippen LogP contribution in [0.3, 0.4) is 0 Å². The van der Waals surface area contributed by atoms with Crippen molar-refractivity contribution in [3.8, 4) is 5.75 Å². The van der Waals surface area contributed by atoms with Crippen molar-refractivity contribution in [3.63, 3.8) is 0 Å². The largest absolute Gasteiger partial charge is 0.486 e. The Bertz CT molecular complexity index is 459. The molecule has 2 N–H and O–H groups in total. The fraction of sp³-hybridized carbons (Fsp3) is 0.417. The quantitative estimate of drug-likeness (QED) is 0.835. The van der Waals surface area contributed by atoms with E-state index in [9.17, 15) is 13.6 Å². The molecular weight excluding hydrogens is 258 g/mol. The fourth-order valence-electron chi connectivity index (χ4n) is 1.82. The average Bonchev–Trinajstić information content (AvgIpc) is 2.78. The van der Waals surface area contributed by atoms with Crippen LogP contribution >= 0.6 is 0 Å². The minimum Gasteiger partial charge on any atom is -0.486 e. The van der Waals surface area contributed by atoms with Crippen molar-refractivity contribution in [3.05, 3.63) is 29.3 Å². The molecule has 0 bridgehead atoms. The van der Waals surface area contributed by atoms with Crippen LogP contribution in [-0.2, 0) is 6.61 Å². The molecule has 104 valence electrons. The van der Waals surface area contributed by atoms with Gasteiger partial charge in [0.25, 0.3) is 0 Å². The van der Waals surface area contributed by atoms with Gasteiger partial charge in [0.2, 0.25) is 0 Å². The van der Waals surface area contributed by atoms with Crippen LogP contribution in [0.5, 0.6) is 5.75 Å². The number of carbonyl (C=O) groups excluding carboxylic acids is 1. The van der Waals surface area contributed by atoms with E-state index >= 15 is 0 Å². The Hall–Kier alpha value is -1.89. The van der Waals surface area contributed by atoms with Gasteiger partial charge in [0.15, 0.2) is 17.4 Å². The number of hydrogen-bond acceptors (Lipinski definition) is 3. The van der Waals surface area contributed by atoms with Crippen LogP contribution in [0.1, 0.15) is 5.56 Å². The molecule has 0 radical (unpaired) electrons. The van der Waals surface area contributed by atoms with Crippen LogP contribution < -0.4 is 10.1 Å². The maximum absolute atomic E-state index is 13.5. The zero-order valence-corrected chi connectivity index (χ0v) is 10.2. The summed E-state index contributed by atoms with van der Waals surface area (Å²) < 4.78 is 32.0. The topological polar surface area (TPSA) is 61.8 Å². The van der Waals surface area contributed by atoms with Crippen molar-refractivity contribution in [1.82, 2.24) is 10.2 Å². The van der Waals surface area contributed by atoms with Gasteiger partial charge < -0.3 is 20.1 Å². The number of aliphatic hydroxyl groups excluding tert-OH is 1. The number of rotatable bonds is 5. The van der Waals surface area contributed by atoms with E-state index in [2.05, 4.69) is 5.32 Å². The third kappa shape index (κ3) is 3.11. The average molecular weight is 272 g/mol. The number of nitrogens with zero attached hydrogens (tertiary/aromatic N) is 1. The molecule has 1 aromatic rings. The van der Waals surface area contributed by atoms with Crippen molar-refractivity contribution in [1.29, 1.82) is 0 Å². The van der Waals surface area contributed by atoms with E-state index in [4.69, 9.17) is 9.84 Å². The van der Waals surface area contributed by atoms with Gasteiger partial charge in [-0.05, 0) is 17.7 Å². The Morgan fingerprint density at radius 3 is 2.58 bits per heavy atom. The molecule has 0 saturated carbocycles. The highest BCUT2D eigenvalue weighted by Crippen LogP contribution is 2.23. The molecule has 2 rings (SSSR count). The van der Waals surface area contributed by atoms with Gasteiger partial charge in [0, 0.05) is 13.1 Å². The predicted octanol–water partition coefficient (Wildman–Crippen LogP) is 0.861. The molecule has 1 fully saturated rings. The van der Waals surface area contributed by atoms with Crippen molar-refractivity contribution < 1.29 is 23.4 Å². The number of urea groups is 1. The van der Waals surface area contributed by atoms with Gasteiger partial charge in [-0.25, -0.2) is 13.6 Å². The van der Waals surface area contributed by atoms with Gasteiger partial charge in [0.05, 0.1) is 13.2 Å². The van der Waals surface area contributed by atoms with Crippen LogP contribution in [0.15, 0.2) is 12.1 Å². The van der Waals surface area contributed by atoms with E-state index in [0.29, 0.717) is 13.1 Å². The summed E-state index contributed by atoms with van der Waals surface area (Å²) in [5, 5.41) is 11.4. The Labute approximate surface area is 108 Å². The monoisotopic (exact) mass is 272 g/mol. The Morgan fingerprint density at radius 2 is 2.05 bits per heavy atom. The number of hydrogen-bond donors (Lipinski definition) is 2. The smallest absolute Gasteiger partial charge is 0.317 e. The number of benzene rings is 1. The van der Waals surface area contributed by atoms with Crippen molar-refractivity contribution in [2.45, 2.75) is 6.61 Å². The van der Waals surface area contributed by atoms with Gasteiger partial charge in [-0.15, -0.1) is 0 Å². The van der Waals surface area contributed by atoms with E-state index in [1.54, 1.807) is 0 Å². The number of ether oxygens (including phenoxy) is 1. The van der Waals surface area contributed by atoms with E-state index < -0.39 is 24.0 Å². The molecule has 19 heavy (non-hydrogen) atoms. The van der Waals surface area contributed by atoms with Crippen molar-refractivity contribution in [2.24, 2.45) is 0 Å². The second-order valence-electron chi connectivity index (χ2n) is 4.11. The SMILES string of the molecule is O=C1NCCN1CCOc1c(F)cc(CO)cc1F. The Morgan fingerprint density at radius 1 is 1.37 bits per heavy atom. The molecule has 1 aliphatic heterocycles. The maximum atomic E-state index is 13.5. The van der Waals surface area contributed by atoms with E-state index in [-0.39, 0.29) is 24.7 Å².